The van der Waals surface area contributed by atoms with Crippen molar-refractivity contribution in [3.05, 3.63) is 78.0 Å². The first-order chi connectivity index (χ1) is 13.6. The van der Waals surface area contributed by atoms with Gasteiger partial charge in [0.05, 0.1) is 10.9 Å². The van der Waals surface area contributed by atoms with E-state index in [0.29, 0.717) is 5.92 Å². The molecule has 0 atom stereocenters. The number of nitrogens with zero attached hydrogens (tertiary/aromatic N) is 1. The molecule has 0 spiro atoms. The first-order valence-electron chi connectivity index (χ1n) is 10.2. The Morgan fingerprint density at radius 1 is 0.786 bits per heavy atom. The first kappa shape index (κ1) is 17.2. The van der Waals surface area contributed by atoms with E-state index < -0.39 is 0 Å². The predicted molar refractivity (Wildman–Crippen MR) is 118 cm³/mol. The summed E-state index contributed by atoms with van der Waals surface area (Å²) in [7, 11) is 2.21. The lowest BCUT2D eigenvalue weighted by Gasteiger charge is -2.14. The third-order valence-corrected chi connectivity index (χ3v) is 5.99. The average Bonchev–Trinajstić information content (AvgIpc) is 2.80. The summed E-state index contributed by atoms with van der Waals surface area (Å²) >= 11 is 0. The number of pyridine rings is 1. The molecule has 138 valence electrons. The molecule has 0 fully saturated rings. The van der Waals surface area contributed by atoms with Gasteiger partial charge in [-0.05, 0) is 52.5 Å². The molecule has 5 rings (SSSR count). The van der Waals surface area contributed by atoms with E-state index in [0.717, 1.165) is 6.42 Å². The Labute approximate surface area is 167 Å². The maximum absolute atomic E-state index is 2.36. The molecule has 0 aliphatic heterocycles. The van der Waals surface area contributed by atoms with Crippen molar-refractivity contribution in [2.45, 2.75) is 27.2 Å². The zero-order valence-corrected chi connectivity index (χ0v) is 17.1. The SMILES string of the molecule is Cc1cccc2c1-c1c3c(cccc3c(CC(C)C)c[n+]1C)-c1ccccc1-2. The molecule has 0 unspecified atom stereocenters. The molecule has 4 aromatic rings. The van der Waals surface area contributed by atoms with Gasteiger partial charge in [0.1, 0.15) is 7.05 Å². The number of rotatable bonds is 2. The Kier molecular flexibility index (Phi) is 3.87. The van der Waals surface area contributed by atoms with Crippen molar-refractivity contribution in [3.8, 4) is 33.5 Å². The van der Waals surface area contributed by atoms with Crippen LogP contribution in [0.1, 0.15) is 25.0 Å². The quantitative estimate of drug-likeness (QED) is 0.315. The molecule has 0 bridgehead atoms. The minimum Gasteiger partial charge on any atom is -0.200 e. The number of fused-ring (bicyclic) bond motifs is 5. The minimum atomic E-state index is 0.629. The van der Waals surface area contributed by atoms with Crippen molar-refractivity contribution in [3.63, 3.8) is 0 Å². The summed E-state index contributed by atoms with van der Waals surface area (Å²) in [5.74, 6) is 0.629. The highest BCUT2D eigenvalue weighted by molar-refractivity contribution is 6.12. The molecule has 1 aromatic heterocycles. The fraction of sp³-hybridized carbons (Fsp3) is 0.222. The van der Waals surface area contributed by atoms with Crippen LogP contribution in [0.2, 0.25) is 0 Å². The number of aryl methyl sites for hydroxylation is 2. The zero-order valence-electron chi connectivity index (χ0n) is 17.1. The highest BCUT2D eigenvalue weighted by Gasteiger charge is 2.29. The van der Waals surface area contributed by atoms with Gasteiger partial charge in [0.15, 0.2) is 6.20 Å². The fourth-order valence-electron chi connectivity index (χ4n) is 4.91. The highest BCUT2D eigenvalue weighted by Crippen LogP contribution is 2.47. The molecular weight excluding hydrogens is 338 g/mol. The molecule has 1 aliphatic rings. The second-order valence-corrected chi connectivity index (χ2v) is 8.48. The van der Waals surface area contributed by atoms with E-state index in [1.54, 1.807) is 0 Å². The van der Waals surface area contributed by atoms with Gasteiger partial charge in [-0.3, -0.25) is 0 Å². The molecule has 0 saturated carbocycles. The van der Waals surface area contributed by atoms with Crippen molar-refractivity contribution in [1.29, 1.82) is 0 Å². The third-order valence-electron chi connectivity index (χ3n) is 5.99. The second-order valence-electron chi connectivity index (χ2n) is 8.48. The van der Waals surface area contributed by atoms with E-state index in [-0.39, 0.29) is 0 Å². The van der Waals surface area contributed by atoms with E-state index in [1.165, 1.54) is 55.4 Å². The van der Waals surface area contributed by atoms with Crippen molar-refractivity contribution in [1.82, 2.24) is 0 Å². The number of aromatic nitrogens is 1. The lowest BCUT2D eigenvalue weighted by molar-refractivity contribution is -0.659. The smallest absolute Gasteiger partial charge is 0.200 e. The largest absolute Gasteiger partial charge is 0.221 e. The van der Waals surface area contributed by atoms with Gasteiger partial charge >= 0.3 is 0 Å². The standard InChI is InChI=1S/C27H26N/c1-17(2)15-19-16-28(4)27-25-18(3)9-7-13-23(25)21-10-5-6-11-22(21)24-14-8-12-20(19)26(24)27/h5-14,16-17H,15H2,1-4H3/q+1. The van der Waals surface area contributed by atoms with Crippen LogP contribution in [0.3, 0.4) is 0 Å². The first-order valence-corrected chi connectivity index (χ1v) is 10.2. The normalized spacial score (nSPS) is 12.0. The van der Waals surface area contributed by atoms with Crippen LogP contribution in [0.25, 0.3) is 44.3 Å². The summed E-state index contributed by atoms with van der Waals surface area (Å²) in [6.07, 6.45) is 3.45. The summed E-state index contributed by atoms with van der Waals surface area (Å²) in [5, 5.41) is 2.79. The predicted octanol–water partition coefficient (Wildman–Crippen LogP) is 6.49. The molecular formula is C27H26N+. The van der Waals surface area contributed by atoms with Crippen LogP contribution in [0.15, 0.2) is 66.9 Å². The van der Waals surface area contributed by atoms with E-state index in [4.69, 9.17) is 0 Å². The number of hydrogen-bond donors (Lipinski definition) is 0. The lowest BCUT2D eigenvalue weighted by Crippen LogP contribution is -2.32. The van der Waals surface area contributed by atoms with Crippen molar-refractivity contribution in [2.24, 2.45) is 13.0 Å². The van der Waals surface area contributed by atoms with Crippen molar-refractivity contribution >= 4 is 10.8 Å². The Hall–Kier alpha value is -2.93. The van der Waals surface area contributed by atoms with Crippen LogP contribution in [0.5, 0.6) is 0 Å². The van der Waals surface area contributed by atoms with Gasteiger partial charge in [-0.2, -0.15) is 0 Å². The van der Waals surface area contributed by atoms with E-state index in [9.17, 15) is 0 Å². The molecule has 0 amide bonds. The van der Waals surface area contributed by atoms with E-state index in [2.05, 4.69) is 99.2 Å². The van der Waals surface area contributed by atoms with Gasteiger partial charge in [0, 0.05) is 5.56 Å². The zero-order chi connectivity index (χ0) is 19.4. The van der Waals surface area contributed by atoms with Gasteiger partial charge in [0.2, 0.25) is 5.69 Å². The van der Waals surface area contributed by atoms with E-state index in [1.807, 2.05) is 0 Å². The van der Waals surface area contributed by atoms with E-state index >= 15 is 0 Å². The summed E-state index contributed by atoms with van der Waals surface area (Å²) < 4.78 is 2.36. The highest BCUT2D eigenvalue weighted by atomic mass is 14.9. The lowest BCUT2D eigenvalue weighted by atomic mass is 9.91. The molecule has 1 nitrogen and oxygen atoms in total. The summed E-state index contributed by atoms with van der Waals surface area (Å²) in [6.45, 7) is 6.84. The Morgan fingerprint density at radius 3 is 2.18 bits per heavy atom. The van der Waals surface area contributed by atoms with Gasteiger partial charge in [-0.25, -0.2) is 4.57 Å². The monoisotopic (exact) mass is 364 g/mol. The topological polar surface area (TPSA) is 3.88 Å². The van der Waals surface area contributed by atoms with Gasteiger partial charge in [-0.15, -0.1) is 0 Å². The molecule has 0 saturated heterocycles. The molecule has 1 heteroatoms. The molecule has 1 aliphatic carbocycles. The second kappa shape index (κ2) is 6.31. The molecule has 0 N–H and O–H groups in total. The van der Waals surface area contributed by atoms with Crippen LogP contribution in [0, 0.1) is 12.8 Å². The van der Waals surface area contributed by atoms with Crippen LogP contribution in [0.4, 0.5) is 0 Å². The van der Waals surface area contributed by atoms with Gasteiger partial charge in [0.25, 0.3) is 0 Å². The number of benzene rings is 3. The Bertz CT molecular complexity index is 1230. The van der Waals surface area contributed by atoms with Crippen molar-refractivity contribution < 1.29 is 4.57 Å². The third kappa shape index (κ3) is 2.43. The maximum atomic E-state index is 2.36. The molecule has 3 aromatic carbocycles. The van der Waals surface area contributed by atoms with Crippen molar-refractivity contribution in [2.75, 3.05) is 0 Å². The molecule has 1 heterocycles. The Balaban J connectivity index is 2.04. The number of hydrogen-bond acceptors (Lipinski definition) is 0. The summed E-state index contributed by atoms with van der Waals surface area (Å²) in [4.78, 5) is 0. The maximum Gasteiger partial charge on any atom is 0.221 e. The van der Waals surface area contributed by atoms with Crippen LogP contribution >= 0.6 is 0 Å². The van der Waals surface area contributed by atoms with Crippen LogP contribution in [-0.2, 0) is 13.5 Å². The van der Waals surface area contributed by atoms with Gasteiger partial charge < -0.3 is 0 Å². The Morgan fingerprint density at radius 2 is 1.43 bits per heavy atom. The fourth-order valence-corrected chi connectivity index (χ4v) is 4.91. The average molecular weight is 365 g/mol. The van der Waals surface area contributed by atoms with Gasteiger partial charge in [-0.1, -0.05) is 74.5 Å². The molecule has 0 radical (unpaired) electrons. The molecule has 28 heavy (non-hydrogen) atoms. The summed E-state index contributed by atoms with van der Waals surface area (Å²) in [6, 6.07) is 22.4. The summed E-state index contributed by atoms with van der Waals surface area (Å²) in [5.41, 5.74) is 10.8. The van der Waals surface area contributed by atoms with Crippen LogP contribution < -0.4 is 4.57 Å². The van der Waals surface area contributed by atoms with Crippen LogP contribution in [-0.4, -0.2) is 0 Å². The minimum absolute atomic E-state index is 0.629.